The Labute approximate surface area is 221 Å². The second kappa shape index (κ2) is 15.0. The lowest BCUT2D eigenvalue weighted by Crippen LogP contribution is -2.45. The fraction of sp³-hybridized carbons (Fsp3) is 0.370. The molecule has 0 aliphatic rings. The third-order valence-electron chi connectivity index (χ3n) is 6.04. The molecule has 0 aliphatic heterocycles. The van der Waals surface area contributed by atoms with E-state index in [2.05, 4.69) is 16.0 Å². The summed E-state index contributed by atoms with van der Waals surface area (Å²) in [6.45, 7) is 4.39. The van der Waals surface area contributed by atoms with Gasteiger partial charge in [0.05, 0.1) is 5.56 Å². The molecule has 1 atom stereocenters. The molecule has 1 aromatic heterocycles. The van der Waals surface area contributed by atoms with Crippen LogP contribution in [-0.2, 0) is 20.9 Å². The van der Waals surface area contributed by atoms with Crippen LogP contribution in [0.15, 0.2) is 59.5 Å². The number of pyridine rings is 1. The summed E-state index contributed by atoms with van der Waals surface area (Å²) in [5, 5.41) is 16.7. The molecule has 2 aromatic rings. The summed E-state index contributed by atoms with van der Waals surface area (Å²) in [5.74, 6) is -2.38. The predicted octanol–water partition coefficient (Wildman–Crippen LogP) is 2.14. The summed E-state index contributed by atoms with van der Waals surface area (Å²) in [4.78, 5) is 61.9. The topological polar surface area (TPSA) is 173 Å². The Kier molecular flexibility index (Phi) is 11.8. The van der Waals surface area contributed by atoms with Gasteiger partial charge in [-0.2, -0.15) is 0 Å². The first kappa shape index (κ1) is 29.8. The molecule has 38 heavy (non-hydrogen) atoms. The summed E-state index contributed by atoms with van der Waals surface area (Å²) in [7, 11) is 0. The number of nitrogen functional groups attached to an aromatic ring is 1. The van der Waals surface area contributed by atoms with Crippen LogP contribution in [0.25, 0.3) is 0 Å². The zero-order valence-electron chi connectivity index (χ0n) is 21.6. The molecule has 2 rings (SSSR count). The van der Waals surface area contributed by atoms with E-state index in [-0.39, 0.29) is 42.2 Å². The lowest BCUT2D eigenvalue weighted by molar-refractivity contribution is -0.131. The third kappa shape index (κ3) is 9.23. The number of amides is 3. The molecule has 1 heterocycles. The number of carbonyl (C=O) groups is 4. The molecule has 0 fully saturated rings. The number of nitrogens with zero attached hydrogens (tertiary/aromatic N) is 1. The number of carbonyl (C=O) groups excluding carboxylic acids is 3. The number of aromatic nitrogens is 1. The summed E-state index contributed by atoms with van der Waals surface area (Å²) in [5.41, 5.74) is 5.62. The maximum atomic E-state index is 13.1. The van der Waals surface area contributed by atoms with E-state index in [0.717, 1.165) is 18.9 Å². The van der Waals surface area contributed by atoms with E-state index in [1.54, 1.807) is 18.2 Å². The summed E-state index contributed by atoms with van der Waals surface area (Å²) >= 11 is 0. The molecule has 11 heteroatoms. The highest BCUT2D eigenvalue weighted by molar-refractivity contribution is 6.03. The summed E-state index contributed by atoms with van der Waals surface area (Å²) in [6.07, 6.45) is 5.84. The van der Waals surface area contributed by atoms with Gasteiger partial charge in [0, 0.05) is 24.5 Å². The van der Waals surface area contributed by atoms with Gasteiger partial charge >= 0.3 is 5.97 Å². The van der Waals surface area contributed by atoms with Crippen molar-refractivity contribution in [1.82, 2.24) is 15.2 Å². The first-order valence-corrected chi connectivity index (χ1v) is 12.5. The molecule has 6 N–H and O–H groups in total. The third-order valence-corrected chi connectivity index (χ3v) is 6.04. The van der Waals surface area contributed by atoms with E-state index < -0.39 is 29.4 Å². The van der Waals surface area contributed by atoms with Gasteiger partial charge in [-0.3, -0.25) is 19.2 Å². The van der Waals surface area contributed by atoms with Crippen LogP contribution >= 0.6 is 0 Å². The molecular formula is C27H35N5O6. The standard InChI is InChI=1S/C27H35N5O6/c1-3-18(4-2)16-29-23(33)17-32-15-9-13-22(27(32)38)31-26(37)21(12-7-8-14-24(34)35)30-25(36)19-10-5-6-11-20(19)28/h5-6,8-11,13-15,18,21H,3-4,7,12,16-17,28H2,1-2H3,(H,29,33)(H,30,36)(H,31,37)(H,34,35)/b14-8+. The molecular weight excluding hydrogens is 490 g/mol. The number of carboxylic acid groups (broad SMARTS) is 1. The van der Waals surface area contributed by atoms with Crippen LogP contribution < -0.4 is 27.2 Å². The van der Waals surface area contributed by atoms with Gasteiger partial charge in [-0.15, -0.1) is 0 Å². The van der Waals surface area contributed by atoms with Crippen molar-refractivity contribution in [2.75, 3.05) is 17.6 Å². The Hall–Kier alpha value is -4.41. The Morgan fingerprint density at radius 2 is 1.79 bits per heavy atom. The van der Waals surface area contributed by atoms with E-state index >= 15 is 0 Å². The van der Waals surface area contributed by atoms with Crippen LogP contribution in [0, 0.1) is 5.92 Å². The minimum absolute atomic E-state index is 0.0630. The molecule has 0 saturated heterocycles. The van der Waals surface area contributed by atoms with Crippen molar-refractivity contribution in [2.24, 2.45) is 5.92 Å². The van der Waals surface area contributed by atoms with E-state index in [1.165, 1.54) is 35.0 Å². The van der Waals surface area contributed by atoms with Crippen molar-refractivity contribution in [2.45, 2.75) is 52.1 Å². The molecule has 204 valence electrons. The van der Waals surface area contributed by atoms with E-state index in [4.69, 9.17) is 10.8 Å². The summed E-state index contributed by atoms with van der Waals surface area (Å²) < 4.78 is 1.19. The maximum absolute atomic E-state index is 13.1. The van der Waals surface area contributed by atoms with Crippen molar-refractivity contribution in [3.63, 3.8) is 0 Å². The predicted molar refractivity (Wildman–Crippen MR) is 145 cm³/mol. The number of para-hydroxylation sites is 1. The zero-order chi connectivity index (χ0) is 28.1. The molecule has 0 bridgehead atoms. The number of nitrogens with two attached hydrogens (primary N) is 1. The van der Waals surface area contributed by atoms with Crippen LogP contribution in [-0.4, -0.2) is 46.0 Å². The van der Waals surface area contributed by atoms with Gasteiger partial charge in [-0.05, 0) is 43.0 Å². The average Bonchev–Trinajstić information content (AvgIpc) is 2.88. The van der Waals surface area contributed by atoms with Gasteiger partial charge in [0.25, 0.3) is 11.5 Å². The van der Waals surface area contributed by atoms with Crippen LogP contribution in [0.3, 0.4) is 0 Å². The van der Waals surface area contributed by atoms with Crippen LogP contribution in [0.2, 0.25) is 0 Å². The fourth-order valence-electron chi connectivity index (χ4n) is 3.68. The fourth-order valence-corrected chi connectivity index (χ4v) is 3.68. The minimum atomic E-state index is -1.14. The van der Waals surface area contributed by atoms with Crippen LogP contribution in [0.5, 0.6) is 0 Å². The van der Waals surface area contributed by atoms with E-state index in [0.29, 0.717) is 12.5 Å². The number of carboxylic acids is 1. The number of rotatable bonds is 14. The molecule has 0 spiro atoms. The lowest BCUT2D eigenvalue weighted by Gasteiger charge is -2.19. The first-order chi connectivity index (χ1) is 18.2. The smallest absolute Gasteiger partial charge is 0.327 e. The molecule has 1 unspecified atom stereocenters. The Bertz CT molecular complexity index is 1220. The van der Waals surface area contributed by atoms with Gasteiger partial charge in [-0.1, -0.05) is 44.9 Å². The monoisotopic (exact) mass is 525 g/mol. The van der Waals surface area contributed by atoms with Crippen molar-refractivity contribution in [3.8, 4) is 0 Å². The van der Waals surface area contributed by atoms with Gasteiger partial charge in [-0.25, -0.2) is 4.79 Å². The largest absolute Gasteiger partial charge is 0.478 e. The highest BCUT2D eigenvalue weighted by Gasteiger charge is 2.23. The highest BCUT2D eigenvalue weighted by atomic mass is 16.4. The molecule has 0 saturated carbocycles. The Balaban J connectivity index is 2.16. The van der Waals surface area contributed by atoms with Gasteiger partial charge in [0.15, 0.2) is 0 Å². The summed E-state index contributed by atoms with van der Waals surface area (Å²) in [6, 6.07) is 8.18. The SMILES string of the molecule is CCC(CC)CNC(=O)Cn1cccc(NC(=O)C(CC/C=C/C(=O)O)NC(=O)c2ccccc2N)c1=O. The van der Waals surface area contributed by atoms with E-state index in [1.807, 2.05) is 13.8 Å². The van der Waals surface area contributed by atoms with Crippen molar-refractivity contribution in [1.29, 1.82) is 0 Å². The second-order valence-electron chi connectivity index (χ2n) is 8.76. The lowest BCUT2D eigenvalue weighted by atomic mass is 10.0. The highest BCUT2D eigenvalue weighted by Crippen LogP contribution is 2.12. The molecule has 0 aliphatic carbocycles. The molecule has 1 aromatic carbocycles. The van der Waals surface area contributed by atoms with Crippen LogP contribution in [0.1, 0.15) is 49.9 Å². The maximum Gasteiger partial charge on any atom is 0.327 e. The van der Waals surface area contributed by atoms with Gasteiger partial charge < -0.3 is 31.4 Å². The first-order valence-electron chi connectivity index (χ1n) is 12.5. The van der Waals surface area contributed by atoms with Gasteiger partial charge in [0.2, 0.25) is 11.8 Å². The van der Waals surface area contributed by atoms with Crippen LogP contribution in [0.4, 0.5) is 11.4 Å². The molecule has 11 nitrogen and oxygen atoms in total. The van der Waals surface area contributed by atoms with Crippen molar-refractivity contribution >= 4 is 35.1 Å². The number of hydrogen-bond donors (Lipinski definition) is 5. The number of benzene rings is 1. The number of anilines is 2. The van der Waals surface area contributed by atoms with E-state index in [9.17, 15) is 24.0 Å². The second-order valence-corrected chi connectivity index (χ2v) is 8.76. The van der Waals surface area contributed by atoms with Gasteiger partial charge in [0.1, 0.15) is 18.3 Å². The minimum Gasteiger partial charge on any atom is -0.478 e. The quantitative estimate of drug-likeness (QED) is 0.186. The number of aliphatic carboxylic acids is 1. The molecule has 0 radical (unpaired) electrons. The van der Waals surface area contributed by atoms with Crippen molar-refractivity contribution < 1.29 is 24.3 Å². The number of allylic oxidation sites excluding steroid dienone is 1. The molecule has 3 amide bonds. The zero-order valence-corrected chi connectivity index (χ0v) is 21.6. The Morgan fingerprint density at radius 3 is 2.45 bits per heavy atom. The Morgan fingerprint density at radius 1 is 1.08 bits per heavy atom. The normalized spacial score (nSPS) is 11.8. The average molecular weight is 526 g/mol. The number of nitrogens with one attached hydrogen (secondary N) is 3. The van der Waals surface area contributed by atoms with Crippen molar-refractivity contribution in [3.05, 3.63) is 70.7 Å². The number of hydrogen-bond acceptors (Lipinski definition) is 6.